The lowest BCUT2D eigenvalue weighted by molar-refractivity contribution is 0.179. The minimum Gasteiger partial charge on any atom is -0.335 e. The lowest BCUT2D eigenvalue weighted by atomic mass is 9.98. The Labute approximate surface area is 84.8 Å². The van der Waals surface area contributed by atoms with Crippen LogP contribution in [-0.2, 0) is 0 Å². The smallest absolute Gasteiger partial charge is 0.317 e. The lowest BCUT2D eigenvalue weighted by Crippen LogP contribution is -2.45. The molecule has 14 heavy (non-hydrogen) atoms. The summed E-state index contributed by atoms with van der Waals surface area (Å²) in [5, 5.41) is 2.99. The molecule has 3 nitrogen and oxygen atoms in total. The summed E-state index contributed by atoms with van der Waals surface area (Å²) < 4.78 is 0. The zero-order valence-corrected chi connectivity index (χ0v) is 8.33. The van der Waals surface area contributed by atoms with Crippen LogP contribution < -0.4 is 5.32 Å². The van der Waals surface area contributed by atoms with Crippen LogP contribution in [0.2, 0.25) is 0 Å². The molecule has 1 N–H and O–H groups in total. The summed E-state index contributed by atoms with van der Waals surface area (Å²) in [5.74, 6) is 3.13. The van der Waals surface area contributed by atoms with Gasteiger partial charge in [-0.2, -0.15) is 0 Å². The molecule has 1 aliphatic carbocycles. The molecule has 1 saturated heterocycles. The van der Waals surface area contributed by atoms with Gasteiger partial charge in [-0.25, -0.2) is 4.79 Å². The molecule has 2 fully saturated rings. The van der Waals surface area contributed by atoms with E-state index >= 15 is 0 Å². The summed E-state index contributed by atoms with van der Waals surface area (Å²) in [6.45, 7) is 1.63. The Morgan fingerprint density at radius 2 is 1.93 bits per heavy atom. The molecule has 0 aromatic heterocycles. The Morgan fingerprint density at radius 1 is 1.29 bits per heavy atom. The van der Waals surface area contributed by atoms with Crippen molar-refractivity contribution in [1.29, 1.82) is 0 Å². The van der Waals surface area contributed by atoms with Gasteiger partial charge >= 0.3 is 6.03 Å². The number of rotatable bonds is 1. The van der Waals surface area contributed by atoms with Crippen molar-refractivity contribution in [2.45, 2.75) is 31.7 Å². The summed E-state index contributed by atoms with van der Waals surface area (Å²) in [7, 11) is 0. The fourth-order valence-corrected chi connectivity index (χ4v) is 1.74. The van der Waals surface area contributed by atoms with E-state index in [1.165, 1.54) is 0 Å². The van der Waals surface area contributed by atoms with E-state index in [1.54, 1.807) is 0 Å². The molecule has 2 rings (SSSR count). The van der Waals surface area contributed by atoms with Crippen molar-refractivity contribution in [3.8, 4) is 12.3 Å². The predicted molar refractivity (Wildman–Crippen MR) is 54.7 cm³/mol. The molecule has 0 aromatic carbocycles. The predicted octanol–water partition coefficient (Wildman–Crippen LogP) is 1.20. The number of urea groups is 1. The van der Waals surface area contributed by atoms with Crippen molar-refractivity contribution < 1.29 is 4.79 Å². The number of piperidine rings is 1. The molecular formula is C11H16N2O. The van der Waals surface area contributed by atoms with Crippen LogP contribution in [-0.4, -0.2) is 30.1 Å². The van der Waals surface area contributed by atoms with Gasteiger partial charge in [-0.05, 0) is 25.7 Å². The highest BCUT2D eigenvalue weighted by Crippen LogP contribution is 2.20. The maximum absolute atomic E-state index is 11.6. The number of amides is 2. The summed E-state index contributed by atoms with van der Waals surface area (Å²) in [4.78, 5) is 13.5. The first kappa shape index (κ1) is 9.39. The first-order chi connectivity index (χ1) is 6.79. The highest BCUT2D eigenvalue weighted by molar-refractivity contribution is 5.74. The van der Waals surface area contributed by atoms with E-state index in [0.29, 0.717) is 12.0 Å². The standard InChI is InChI=1S/C11H16N2O/c1-2-9-5-7-13(8-6-9)11(14)12-10-3-4-10/h1,9-10H,3-8H2,(H,12,14). The Bertz CT molecular complexity index is 257. The number of nitrogens with one attached hydrogen (secondary N) is 1. The normalized spacial score (nSPS) is 22.9. The Balaban J connectivity index is 1.76. The number of hydrogen-bond donors (Lipinski definition) is 1. The molecule has 0 bridgehead atoms. The maximum Gasteiger partial charge on any atom is 0.317 e. The van der Waals surface area contributed by atoms with Crippen molar-refractivity contribution in [2.75, 3.05) is 13.1 Å². The van der Waals surface area contributed by atoms with Crippen LogP contribution >= 0.6 is 0 Å². The third kappa shape index (κ3) is 2.20. The second kappa shape index (κ2) is 3.91. The highest BCUT2D eigenvalue weighted by Gasteiger charge is 2.27. The first-order valence-corrected chi connectivity index (χ1v) is 5.31. The van der Waals surface area contributed by atoms with E-state index < -0.39 is 0 Å². The summed E-state index contributed by atoms with van der Waals surface area (Å²) in [5.41, 5.74) is 0. The molecule has 1 aliphatic heterocycles. The van der Waals surface area contributed by atoms with Gasteiger partial charge in [0.2, 0.25) is 0 Å². The number of nitrogens with zero attached hydrogens (tertiary/aromatic N) is 1. The largest absolute Gasteiger partial charge is 0.335 e. The summed E-state index contributed by atoms with van der Waals surface area (Å²) >= 11 is 0. The van der Waals surface area contributed by atoms with Crippen LogP contribution in [0.1, 0.15) is 25.7 Å². The molecule has 76 valence electrons. The van der Waals surface area contributed by atoms with Gasteiger partial charge in [0.1, 0.15) is 0 Å². The second-order valence-corrected chi connectivity index (χ2v) is 4.15. The minimum absolute atomic E-state index is 0.1000. The van der Waals surface area contributed by atoms with Crippen molar-refractivity contribution in [1.82, 2.24) is 10.2 Å². The van der Waals surface area contributed by atoms with Gasteiger partial charge < -0.3 is 10.2 Å². The molecule has 3 heteroatoms. The van der Waals surface area contributed by atoms with Crippen LogP contribution in [0, 0.1) is 18.3 Å². The number of carbonyl (C=O) groups is 1. The van der Waals surface area contributed by atoms with Gasteiger partial charge in [0, 0.05) is 25.0 Å². The van der Waals surface area contributed by atoms with E-state index in [0.717, 1.165) is 38.8 Å². The molecule has 0 radical (unpaired) electrons. The quantitative estimate of drug-likeness (QED) is 0.622. The fraction of sp³-hybridized carbons (Fsp3) is 0.727. The van der Waals surface area contributed by atoms with Gasteiger partial charge in [0.25, 0.3) is 0 Å². The molecule has 0 unspecified atom stereocenters. The summed E-state index contributed by atoms with van der Waals surface area (Å²) in [6.07, 6.45) is 9.54. The molecule has 2 aliphatic rings. The second-order valence-electron chi connectivity index (χ2n) is 4.15. The summed E-state index contributed by atoms with van der Waals surface area (Å²) in [6, 6.07) is 0.552. The van der Waals surface area contributed by atoms with Crippen LogP contribution in [0.25, 0.3) is 0 Å². The number of carbonyl (C=O) groups excluding carboxylic acids is 1. The van der Waals surface area contributed by atoms with Crippen LogP contribution in [0.5, 0.6) is 0 Å². The zero-order chi connectivity index (χ0) is 9.97. The topological polar surface area (TPSA) is 32.3 Å². The third-order valence-electron chi connectivity index (χ3n) is 2.92. The van der Waals surface area contributed by atoms with E-state index in [-0.39, 0.29) is 6.03 Å². The van der Waals surface area contributed by atoms with Gasteiger partial charge in [-0.3, -0.25) is 0 Å². The van der Waals surface area contributed by atoms with Gasteiger partial charge in [-0.15, -0.1) is 12.3 Å². The van der Waals surface area contributed by atoms with Gasteiger partial charge in [0.15, 0.2) is 0 Å². The first-order valence-electron chi connectivity index (χ1n) is 5.31. The van der Waals surface area contributed by atoms with Crippen LogP contribution in [0.4, 0.5) is 4.79 Å². The van der Waals surface area contributed by atoms with Crippen molar-refractivity contribution in [3.63, 3.8) is 0 Å². The van der Waals surface area contributed by atoms with Crippen LogP contribution in [0.15, 0.2) is 0 Å². The third-order valence-corrected chi connectivity index (χ3v) is 2.92. The molecular weight excluding hydrogens is 176 g/mol. The lowest BCUT2D eigenvalue weighted by Gasteiger charge is -2.29. The average molecular weight is 192 g/mol. The van der Waals surface area contributed by atoms with E-state index in [1.807, 2.05) is 4.90 Å². The SMILES string of the molecule is C#CC1CCN(C(=O)NC2CC2)CC1. The van der Waals surface area contributed by atoms with E-state index in [4.69, 9.17) is 6.42 Å². The Hall–Kier alpha value is -1.17. The fourth-order valence-electron chi connectivity index (χ4n) is 1.74. The van der Waals surface area contributed by atoms with Gasteiger partial charge in [-0.1, -0.05) is 0 Å². The average Bonchev–Trinajstić information content (AvgIpc) is 3.02. The number of terminal acetylenes is 1. The Kier molecular flexibility index (Phi) is 2.62. The Morgan fingerprint density at radius 3 is 2.43 bits per heavy atom. The number of hydrogen-bond acceptors (Lipinski definition) is 1. The molecule has 2 amide bonds. The van der Waals surface area contributed by atoms with Crippen molar-refractivity contribution >= 4 is 6.03 Å². The minimum atomic E-state index is 0.1000. The van der Waals surface area contributed by atoms with Gasteiger partial charge in [0.05, 0.1) is 0 Å². The molecule has 0 aromatic rings. The molecule has 1 saturated carbocycles. The zero-order valence-electron chi connectivity index (χ0n) is 8.33. The highest BCUT2D eigenvalue weighted by atomic mass is 16.2. The molecule has 0 atom stereocenters. The van der Waals surface area contributed by atoms with E-state index in [9.17, 15) is 4.79 Å². The number of likely N-dealkylation sites (tertiary alicyclic amines) is 1. The monoisotopic (exact) mass is 192 g/mol. The maximum atomic E-state index is 11.6. The van der Waals surface area contributed by atoms with Crippen molar-refractivity contribution in [2.24, 2.45) is 5.92 Å². The van der Waals surface area contributed by atoms with Crippen molar-refractivity contribution in [3.05, 3.63) is 0 Å². The van der Waals surface area contributed by atoms with E-state index in [2.05, 4.69) is 11.2 Å². The molecule has 1 heterocycles. The van der Waals surface area contributed by atoms with Crippen LogP contribution in [0.3, 0.4) is 0 Å². The molecule has 0 spiro atoms.